The van der Waals surface area contributed by atoms with Gasteiger partial charge in [0.2, 0.25) is 0 Å². The van der Waals surface area contributed by atoms with Crippen molar-refractivity contribution in [3.05, 3.63) is 87.5 Å². The Bertz CT molecular complexity index is 1860. The third-order valence-corrected chi connectivity index (χ3v) is 7.79. The van der Waals surface area contributed by atoms with Gasteiger partial charge in [0, 0.05) is 25.7 Å². The number of nitrogens with zero attached hydrogens (tertiary/aromatic N) is 7. The number of piperazine rings is 1. The highest BCUT2D eigenvalue weighted by molar-refractivity contribution is 5.91. The first-order valence-corrected chi connectivity index (χ1v) is 14.3. The zero-order valence-corrected chi connectivity index (χ0v) is 25.3. The van der Waals surface area contributed by atoms with Crippen LogP contribution in [0.4, 0.5) is 23.4 Å². The number of carbonyl (C=O) groups is 1. The van der Waals surface area contributed by atoms with Gasteiger partial charge in [-0.2, -0.15) is 4.98 Å². The molecule has 236 valence electrons. The van der Waals surface area contributed by atoms with E-state index in [1.54, 1.807) is 11.8 Å². The van der Waals surface area contributed by atoms with Crippen LogP contribution in [0.5, 0.6) is 0 Å². The number of rotatable bonds is 6. The third-order valence-electron chi connectivity index (χ3n) is 7.79. The Balaban J connectivity index is 1.89. The number of hydrogen-bond donors (Lipinski definition) is 0. The molecule has 1 saturated heterocycles. The fourth-order valence-electron chi connectivity index (χ4n) is 5.71. The number of pyridine rings is 1. The van der Waals surface area contributed by atoms with Crippen LogP contribution in [0.15, 0.2) is 47.8 Å². The molecule has 45 heavy (non-hydrogen) atoms. The van der Waals surface area contributed by atoms with E-state index in [0.29, 0.717) is 11.4 Å². The molecule has 3 aromatic heterocycles. The molecule has 4 heterocycles. The molecule has 10 nitrogen and oxygen atoms in total. The largest absolute Gasteiger partial charge is 0.710 e. The molecule has 1 fully saturated rings. The van der Waals surface area contributed by atoms with Crippen LogP contribution in [-0.2, 0) is 4.79 Å². The second-order valence-corrected chi connectivity index (χ2v) is 11.5. The summed E-state index contributed by atoms with van der Waals surface area (Å²) in [5.41, 5.74) is -2.35. The van der Waals surface area contributed by atoms with Gasteiger partial charge in [0.1, 0.15) is 23.3 Å². The molecular weight excluding hydrogens is 594 g/mol. The average molecular weight is 626 g/mol. The standard InChI is InChI=1S/C31H31F4N7O3/c1-15(2)24-27(25(16(3)4)37-14-36-24)41-29-19(12-22(35)26(42(29)45)23-20(33)8-7-9-21(23)34)28(38-31(41)44)40-11-10-39(13-17(40)5)30(43)18(6)32/h7-9,12,14-17H,6,10-11,13H2,1-5H3/t17-/m0/s1. The molecule has 1 aromatic carbocycles. The lowest BCUT2D eigenvalue weighted by Crippen LogP contribution is -2.54. The lowest BCUT2D eigenvalue weighted by Gasteiger charge is -2.40. The number of carbonyl (C=O) groups excluding carboxylic acids is 1. The van der Waals surface area contributed by atoms with Crippen LogP contribution in [0.3, 0.4) is 0 Å². The van der Waals surface area contributed by atoms with E-state index in [-0.39, 0.29) is 53.1 Å². The second kappa shape index (κ2) is 11.9. The summed E-state index contributed by atoms with van der Waals surface area (Å²) in [5, 5.41) is 14.1. The molecule has 0 saturated carbocycles. The number of benzene rings is 1. The summed E-state index contributed by atoms with van der Waals surface area (Å²) in [5.74, 6) is -6.29. The number of anilines is 1. The van der Waals surface area contributed by atoms with E-state index in [1.807, 2.05) is 27.7 Å². The topological polar surface area (TPSA) is 111 Å². The summed E-state index contributed by atoms with van der Waals surface area (Å²) in [4.78, 5) is 42.2. The predicted octanol–water partition coefficient (Wildman–Crippen LogP) is 4.66. The van der Waals surface area contributed by atoms with E-state index >= 15 is 4.39 Å². The van der Waals surface area contributed by atoms with Crippen molar-refractivity contribution in [1.29, 1.82) is 0 Å². The number of amides is 1. The molecule has 4 aromatic rings. The zero-order chi connectivity index (χ0) is 32.9. The first kappa shape index (κ1) is 31.5. The highest BCUT2D eigenvalue weighted by atomic mass is 19.1. The van der Waals surface area contributed by atoms with E-state index < -0.39 is 57.8 Å². The lowest BCUT2D eigenvalue weighted by molar-refractivity contribution is -0.569. The third kappa shape index (κ3) is 5.38. The molecule has 0 bridgehead atoms. The molecule has 0 N–H and O–H groups in total. The highest BCUT2D eigenvalue weighted by Gasteiger charge is 2.36. The summed E-state index contributed by atoms with van der Waals surface area (Å²) in [6, 6.07) is 3.19. The zero-order valence-electron chi connectivity index (χ0n) is 25.3. The molecule has 0 aliphatic carbocycles. The van der Waals surface area contributed by atoms with Crippen LogP contribution in [0.1, 0.15) is 57.8 Å². The van der Waals surface area contributed by atoms with Crippen molar-refractivity contribution >= 4 is 22.8 Å². The summed E-state index contributed by atoms with van der Waals surface area (Å²) in [6.07, 6.45) is 1.34. The van der Waals surface area contributed by atoms with Crippen molar-refractivity contribution in [2.24, 2.45) is 0 Å². The monoisotopic (exact) mass is 625 g/mol. The van der Waals surface area contributed by atoms with Gasteiger partial charge in [-0.1, -0.05) is 40.3 Å². The van der Waals surface area contributed by atoms with Gasteiger partial charge in [0.15, 0.2) is 28.8 Å². The van der Waals surface area contributed by atoms with Crippen molar-refractivity contribution in [2.75, 3.05) is 24.5 Å². The molecule has 0 unspecified atom stereocenters. The van der Waals surface area contributed by atoms with E-state index in [2.05, 4.69) is 21.5 Å². The molecule has 0 radical (unpaired) electrons. The highest BCUT2D eigenvalue weighted by Crippen LogP contribution is 2.34. The Morgan fingerprint density at radius 3 is 2.18 bits per heavy atom. The SMILES string of the molecule is C=C(F)C(=O)N1CCN(c2nc(=O)n(-c3c(C(C)C)ncnc3C(C)C)c3c2cc(F)c(-c2c(F)cccc2F)[n+]3[O-])[C@@H](C)C1. The first-order valence-electron chi connectivity index (χ1n) is 14.3. The maximum Gasteiger partial charge on any atom is 0.442 e. The first-order chi connectivity index (χ1) is 21.2. The molecule has 5 rings (SSSR count). The molecule has 14 heteroatoms. The summed E-state index contributed by atoms with van der Waals surface area (Å²) < 4.78 is 60.5. The maximum absolute atomic E-state index is 16.0. The van der Waals surface area contributed by atoms with Crippen LogP contribution in [0, 0.1) is 22.7 Å². The van der Waals surface area contributed by atoms with Crippen LogP contribution < -0.4 is 15.3 Å². The van der Waals surface area contributed by atoms with Crippen molar-refractivity contribution < 1.29 is 27.1 Å². The molecule has 1 aliphatic heterocycles. The Morgan fingerprint density at radius 1 is 1.04 bits per heavy atom. The molecule has 1 atom stereocenters. The van der Waals surface area contributed by atoms with Crippen molar-refractivity contribution in [3.63, 3.8) is 0 Å². The van der Waals surface area contributed by atoms with Crippen molar-refractivity contribution in [3.8, 4) is 16.9 Å². The van der Waals surface area contributed by atoms with Crippen LogP contribution in [0.25, 0.3) is 28.0 Å². The lowest BCUT2D eigenvalue weighted by atomic mass is 10.0. The van der Waals surface area contributed by atoms with Gasteiger partial charge in [-0.15, -0.1) is 4.57 Å². The minimum atomic E-state index is -1.26. The van der Waals surface area contributed by atoms with Gasteiger partial charge in [-0.25, -0.2) is 37.1 Å². The van der Waals surface area contributed by atoms with Crippen LogP contribution in [0.2, 0.25) is 0 Å². The molecule has 1 amide bonds. The summed E-state index contributed by atoms with van der Waals surface area (Å²) in [6.45, 7) is 12.1. The Morgan fingerprint density at radius 2 is 1.64 bits per heavy atom. The molecular formula is C31H31F4N7O3. The van der Waals surface area contributed by atoms with Crippen LogP contribution >= 0.6 is 0 Å². The Hall–Kier alpha value is -4.88. The minimum Gasteiger partial charge on any atom is -0.710 e. The van der Waals surface area contributed by atoms with Gasteiger partial charge in [-0.3, -0.25) is 4.79 Å². The molecule has 0 spiro atoms. The predicted molar refractivity (Wildman–Crippen MR) is 159 cm³/mol. The van der Waals surface area contributed by atoms with Gasteiger partial charge < -0.3 is 15.0 Å². The Labute approximate surface area is 255 Å². The maximum atomic E-state index is 16.0. The van der Waals surface area contributed by atoms with Gasteiger partial charge in [0.05, 0.1) is 17.0 Å². The van der Waals surface area contributed by atoms with E-state index in [9.17, 15) is 28.0 Å². The molecule has 1 aliphatic rings. The van der Waals surface area contributed by atoms with E-state index in [1.165, 1.54) is 11.2 Å². The van der Waals surface area contributed by atoms with Crippen molar-refractivity contribution in [1.82, 2.24) is 24.4 Å². The quantitative estimate of drug-likeness (QED) is 0.133. The minimum absolute atomic E-state index is 0.00249. The smallest absolute Gasteiger partial charge is 0.442 e. The fraction of sp³-hybridized carbons (Fsp3) is 0.355. The van der Waals surface area contributed by atoms with Crippen LogP contribution in [-0.4, -0.2) is 56.0 Å². The van der Waals surface area contributed by atoms with Gasteiger partial charge in [0.25, 0.3) is 5.91 Å². The Kier molecular flexibility index (Phi) is 8.34. The van der Waals surface area contributed by atoms with Gasteiger partial charge >= 0.3 is 11.3 Å². The van der Waals surface area contributed by atoms with Gasteiger partial charge in [-0.05, 0) is 37.0 Å². The average Bonchev–Trinajstić information content (AvgIpc) is 2.97. The normalized spacial score (nSPS) is 15.4. The van der Waals surface area contributed by atoms with E-state index in [4.69, 9.17) is 0 Å². The summed E-state index contributed by atoms with van der Waals surface area (Å²) in [7, 11) is 0. The number of halogens is 4. The second-order valence-electron chi connectivity index (χ2n) is 11.5. The summed E-state index contributed by atoms with van der Waals surface area (Å²) >= 11 is 0. The van der Waals surface area contributed by atoms with E-state index in [0.717, 1.165) is 28.8 Å². The number of hydrogen-bond acceptors (Lipinski definition) is 7. The fourth-order valence-corrected chi connectivity index (χ4v) is 5.71. The number of fused-ring (bicyclic) bond motifs is 1. The number of aromatic nitrogens is 5. The van der Waals surface area contributed by atoms with Crippen molar-refractivity contribution in [2.45, 2.75) is 52.5 Å².